The van der Waals surface area contributed by atoms with Gasteiger partial charge in [-0.1, -0.05) is 0 Å². The lowest BCUT2D eigenvalue weighted by Gasteiger charge is -2.23. The summed E-state index contributed by atoms with van der Waals surface area (Å²) in [6, 6.07) is 5.55. The van der Waals surface area contributed by atoms with Crippen molar-refractivity contribution in [3.63, 3.8) is 0 Å². The van der Waals surface area contributed by atoms with Crippen molar-refractivity contribution in [3.05, 3.63) is 53.9 Å². The van der Waals surface area contributed by atoms with Gasteiger partial charge in [-0.2, -0.15) is 0 Å². The van der Waals surface area contributed by atoms with Crippen molar-refractivity contribution in [2.45, 2.75) is 18.9 Å². The molecule has 9 heteroatoms. The van der Waals surface area contributed by atoms with Gasteiger partial charge in [0.2, 0.25) is 0 Å². The summed E-state index contributed by atoms with van der Waals surface area (Å²) >= 11 is 0. The average Bonchev–Trinajstić information content (AvgIpc) is 2.55. The van der Waals surface area contributed by atoms with Crippen molar-refractivity contribution in [1.29, 1.82) is 0 Å². The summed E-state index contributed by atoms with van der Waals surface area (Å²) in [6.07, 6.45) is 3.40. The van der Waals surface area contributed by atoms with Crippen LogP contribution < -0.4 is 16.8 Å². The van der Waals surface area contributed by atoms with Gasteiger partial charge in [0.15, 0.2) is 17.5 Å². The second-order valence-corrected chi connectivity index (χ2v) is 5.40. The molecule has 130 valence electrons. The number of pyridine rings is 2. The third kappa shape index (κ3) is 4.34. The Hall–Kier alpha value is -3.36. The van der Waals surface area contributed by atoms with Crippen molar-refractivity contribution in [2.75, 3.05) is 5.32 Å². The molecule has 0 radical (unpaired) electrons. The van der Waals surface area contributed by atoms with E-state index < -0.39 is 17.3 Å². The van der Waals surface area contributed by atoms with Crippen LogP contribution in [0.25, 0.3) is 0 Å². The minimum atomic E-state index is -1.09. The van der Waals surface area contributed by atoms with E-state index in [-0.39, 0.29) is 18.1 Å². The number of guanidine groups is 1. The molecule has 0 bridgehead atoms. The Morgan fingerprint density at radius 2 is 2.12 bits per heavy atom. The van der Waals surface area contributed by atoms with Gasteiger partial charge in [-0.15, -0.1) is 0 Å². The molecule has 1 unspecified atom stereocenters. The van der Waals surface area contributed by atoms with Gasteiger partial charge in [0.05, 0.1) is 5.69 Å². The average molecular weight is 344 g/mol. The van der Waals surface area contributed by atoms with E-state index in [4.69, 9.17) is 11.5 Å². The Morgan fingerprint density at radius 3 is 2.76 bits per heavy atom. The quantitative estimate of drug-likeness (QED) is 0.405. The highest BCUT2D eigenvalue weighted by molar-refractivity contribution is 6.03. The molecule has 0 fully saturated rings. The van der Waals surface area contributed by atoms with E-state index in [0.29, 0.717) is 17.7 Å². The maximum atomic E-state index is 13.6. The molecule has 2 aromatic rings. The largest absolute Gasteiger partial charge is 0.370 e. The third-order valence-corrected chi connectivity index (χ3v) is 3.40. The number of rotatable bonds is 6. The maximum absolute atomic E-state index is 13.6. The summed E-state index contributed by atoms with van der Waals surface area (Å²) in [5.74, 6) is -1.65. The van der Waals surface area contributed by atoms with E-state index in [2.05, 4.69) is 20.3 Å². The van der Waals surface area contributed by atoms with Crippen molar-refractivity contribution in [1.82, 2.24) is 9.97 Å². The zero-order valence-corrected chi connectivity index (χ0v) is 13.4. The number of aromatic nitrogens is 2. The van der Waals surface area contributed by atoms with Crippen molar-refractivity contribution < 1.29 is 14.0 Å². The molecule has 2 heterocycles. The summed E-state index contributed by atoms with van der Waals surface area (Å²) in [5, 5.41) is 2.53. The molecule has 0 aromatic carbocycles. The molecular formula is C16H17FN6O2. The first-order valence-electron chi connectivity index (χ1n) is 7.28. The van der Waals surface area contributed by atoms with Gasteiger partial charge in [-0.3, -0.25) is 9.78 Å². The topological polar surface area (TPSA) is 136 Å². The zero-order valence-electron chi connectivity index (χ0n) is 13.4. The lowest BCUT2D eigenvalue weighted by molar-refractivity contribution is -0.108. The van der Waals surface area contributed by atoms with Crippen LogP contribution in [0.15, 0.2) is 41.7 Å². The van der Waals surface area contributed by atoms with E-state index >= 15 is 0 Å². The Morgan fingerprint density at radius 1 is 1.36 bits per heavy atom. The van der Waals surface area contributed by atoms with E-state index in [1.165, 1.54) is 30.6 Å². The summed E-state index contributed by atoms with van der Waals surface area (Å²) < 4.78 is 13.6. The predicted molar refractivity (Wildman–Crippen MR) is 90.2 cm³/mol. The summed E-state index contributed by atoms with van der Waals surface area (Å²) in [4.78, 5) is 35.0. The molecule has 1 atom stereocenters. The lowest BCUT2D eigenvalue weighted by Crippen LogP contribution is -2.31. The molecular weight excluding hydrogens is 327 g/mol. The van der Waals surface area contributed by atoms with Crippen LogP contribution in [-0.2, 0) is 10.3 Å². The van der Waals surface area contributed by atoms with Gasteiger partial charge in [0.25, 0.3) is 5.91 Å². The van der Waals surface area contributed by atoms with Crippen LogP contribution in [0.5, 0.6) is 0 Å². The number of nitrogens with one attached hydrogen (secondary N) is 1. The minimum absolute atomic E-state index is 0.00975. The van der Waals surface area contributed by atoms with Gasteiger partial charge in [-0.25, -0.2) is 14.4 Å². The number of halogens is 1. The smallest absolute Gasteiger partial charge is 0.277 e. The van der Waals surface area contributed by atoms with Gasteiger partial charge in [0.1, 0.15) is 11.8 Å². The van der Waals surface area contributed by atoms with E-state index in [0.717, 1.165) is 6.07 Å². The molecule has 2 rings (SSSR count). The number of aliphatic imine (C=N–C) groups is 1. The number of aldehydes is 1. The molecule has 2 aromatic heterocycles. The Bertz CT molecular complexity index is 822. The first kappa shape index (κ1) is 18.0. The highest BCUT2D eigenvalue weighted by atomic mass is 19.1. The Labute approximate surface area is 143 Å². The number of hydrogen-bond acceptors (Lipinski definition) is 5. The van der Waals surface area contributed by atoms with E-state index in [1.807, 2.05) is 0 Å². The molecule has 0 saturated carbocycles. The first-order chi connectivity index (χ1) is 11.9. The van der Waals surface area contributed by atoms with Crippen LogP contribution in [0.2, 0.25) is 0 Å². The number of carbonyl (C=O) groups is 2. The normalized spacial score (nSPS) is 12.7. The molecule has 0 aliphatic carbocycles. The maximum Gasteiger partial charge on any atom is 0.277 e. The molecule has 1 amide bonds. The third-order valence-electron chi connectivity index (χ3n) is 3.40. The summed E-state index contributed by atoms with van der Waals surface area (Å²) in [6.45, 7) is 1.63. The molecule has 0 aliphatic rings. The fraction of sp³-hybridized carbons (Fsp3) is 0.188. The highest BCUT2D eigenvalue weighted by Crippen LogP contribution is 2.28. The molecule has 8 nitrogen and oxygen atoms in total. The number of hydrogen-bond donors (Lipinski definition) is 3. The minimum Gasteiger partial charge on any atom is -0.370 e. The van der Waals surface area contributed by atoms with Crippen LogP contribution in [-0.4, -0.2) is 28.1 Å². The molecule has 25 heavy (non-hydrogen) atoms. The highest BCUT2D eigenvalue weighted by Gasteiger charge is 2.28. The summed E-state index contributed by atoms with van der Waals surface area (Å²) in [7, 11) is 0. The number of anilines is 1. The molecule has 0 aliphatic heterocycles. The number of nitrogens with two attached hydrogens (primary N) is 2. The van der Waals surface area contributed by atoms with Crippen molar-refractivity contribution >= 4 is 23.8 Å². The Kier molecular flexibility index (Phi) is 5.38. The standard InChI is InChI=1S/C16H17FN6O2/c1-16(5-8-24,23-15(18)19)12-9-10(4-7-20-12)22-14(25)13-11(17)3-2-6-21-13/h2-4,6-9H,5H2,1H3,(H4,18,19,23)(H,20,22,25). The predicted octanol–water partition coefficient (Wildman–Crippen LogP) is 0.946. The number of amides is 1. The van der Waals surface area contributed by atoms with Gasteiger partial charge in [-0.05, 0) is 31.2 Å². The number of carbonyl (C=O) groups excluding carboxylic acids is 2. The van der Waals surface area contributed by atoms with Gasteiger partial charge >= 0.3 is 0 Å². The van der Waals surface area contributed by atoms with Crippen LogP contribution in [0.4, 0.5) is 10.1 Å². The first-order valence-corrected chi connectivity index (χ1v) is 7.28. The van der Waals surface area contributed by atoms with Gasteiger partial charge in [0, 0.05) is 24.5 Å². The fourth-order valence-corrected chi connectivity index (χ4v) is 2.20. The van der Waals surface area contributed by atoms with Crippen molar-refractivity contribution in [3.8, 4) is 0 Å². The zero-order chi connectivity index (χ0) is 18.4. The van der Waals surface area contributed by atoms with Crippen molar-refractivity contribution in [2.24, 2.45) is 16.5 Å². The van der Waals surface area contributed by atoms with E-state index in [1.54, 1.807) is 6.92 Å². The van der Waals surface area contributed by atoms with Crippen LogP contribution in [0.3, 0.4) is 0 Å². The molecule has 0 saturated heterocycles. The fourth-order valence-electron chi connectivity index (χ4n) is 2.20. The summed E-state index contributed by atoms with van der Waals surface area (Å²) in [5.41, 5.74) is 10.1. The Balaban J connectivity index is 2.32. The number of nitrogens with zero attached hydrogens (tertiary/aromatic N) is 3. The molecule has 0 spiro atoms. The van der Waals surface area contributed by atoms with E-state index in [9.17, 15) is 14.0 Å². The SMILES string of the molecule is CC(CC=O)(N=C(N)N)c1cc(NC(=O)c2ncccc2F)ccn1. The van der Waals surface area contributed by atoms with Crippen LogP contribution in [0.1, 0.15) is 29.5 Å². The second-order valence-electron chi connectivity index (χ2n) is 5.40. The molecule has 5 N–H and O–H groups in total. The second kappa shape index (κ2) is 7.47. The lowest BCUT2D eigenvalue weighted by atomic mass is 9.94. The monoisotopic (exact) mass is 344 g/mol. The van der Waals surface area contributed by atoms with Crippen LogP contribution >= 0.6 is 0 Å². The van der Waals surface area contributed by atoms with Crippen LogP contribution in [0, 0.1) is 5.82 Å². The van der Waals surface area contributed by atoms with Gasteiger partial charge < -0.3 is 21.6 Å².